The Bertz CT molecular complexity index is 888. The number of pyridine rings is 1. The van der Waals surface area contributed by atoms with Gasteiger partial charge in [-0.1, -0.05) is 25.1 Å². The molecule has 128 valence electrons. The highest BCUT2D eigenvalue weighted by Gasteiger charge is 2.19. The smallest absolute Gasteiger partial charge is 0.262 e. The monoisotopic (exact) mass is 336 g/mol. The fraction of sp³-hybridized carbons (Fsp3) is 0.211. The summed E-state index contributed by atoms with van der Waals surface area (Å²) in [5.41, 5.74) is 3.15. The molecule has 0 radical (unpaired) electrons. The molecule has 0 unspecified atom stereocenters. The number of methoxy groups -OCH3 is 1. The molecule has 0 saturated carbocycles. The van der Waals surface area contributed by atoms with Crippen molar-refractivity contribution in [1.29, 1.82) is 0 Å². The Labute approximate surface area is 146 Å². The van der Waals surface area contributed by atoms with E-state index in [4.69, 9.17) is 4.74 Å². The number of benzene rings is 1. The number of carbonyl (C=O) groups excluding carboxylic acids is 1. The van der Waals surface area contributed by atoms with Crippen LogP contribution in [0.2, 0.25) is 0 Å². The van der Waals surface area contributed by atoms with Crippen LogP contribution in [0.1, 0.15) is 28.5 Å². The zero-order valence-electron chi connectivity index (χ0n) is 14.5. The van der Waals surface area contributed by atoms with Crippen LogP contribution in [0.3, 0.4) is 0 Å². The van der Waals surface area contributed by atoms with Gasteiger partial charge in [-0.25, -0.2) is 9.67 Å². The van der Waals surface area contributed by atoms with Crippen LogP contribution in [0, 0.1) is 6.92 Å². The zero-order chi connectivity index (χ0) is 17.8. The summed E-state index contributed by atoms with van der Waals surface area (Å²) in [7, 11) is 1.49. The number of ether oxygens (including phenoxy) is 1. The molecule has 0 aliphatic carbocycles. The van der Waals surface area contributed by atoms with Gasteiger partial charge in [-0.15, -0.1) is 0 Å². The van der Waals surface area contributed by atoms with Gasteiger partial charge in [-0.2, -0.15) is 5.10 Å². The molecule has 25 heavy (non-hydrogen) atoms. The van der Waals surface area contributed by atoms with Crippen LogP contribution < -0.4 is 10.1 Å². The number of rotatable bonds is 5. The van der Waals surface area contributed by atoms with E-state index in [1.807, 2.05) is 44.2 Å². The number of nitrogens with zero attached hydrogens (tertiary/aromatic N) is 3. The van der Waals surface area contributed by atoms with Crippen LogP contribution >= 0.6 is 0 Å². The predicted molar refractivity (Wildman–Crippen MR) is 96.4 cm³/mol. The van der Waals surface area contributed by atoms with Crippen LogP contribution in [-0.4, -0.2) is 27.8 Å². The number of aromatic nitrogens is 3. The maximum Gasteiger partial charge on any atom is 0.262 e. The van der Waals surface area contributed by atoms with E-state index in [9.17, 15) is 4.79 Å². The minimum atomic E-state index is -0.284. The number of hydrogen-bond donors (Lipinski definition) is 1. The van der Waals surface area contributed by atoms with Crippen LogP contribution in [0.5, 0.6) is 5.88 Å². The molecule has 0 atom stereocenters. The van der Waals surface area contributed by atoms with Gasteiger partial charge in [-0.3, -0.25) is 4.79 Å². The molecular formula is C19H20N4O2. The number of aryl methyl sites for hydroxylation is 1. The summed E-state index contributed by atoms with van der Waals surface area (Å²) in [5.74, 6) is 0.658. The van der Waals surface area contributed by atoms with E-state index < -0.39 is 0 Å². The number of amides is 1. The maximum atomic E-state index is 12.8. The van der Waals surface area contributed by atoms with Gasteiger partial charge < -0.3 is 10.1 Å². The van der Waals surface area contributed by atoms with Crippen molar-refractivity contribution in [3.8, 4) is 11.6 Å². The summed E-state index contributed by atoms with van der Waals surface area (Å²) in [5, 5.41) is 7.61. The van der Waals surface area contributed by atoms with E-state index in [0.717, 1.165) is 23.4 Å². The first kappa shape index (κ1) is 16.7. The van der Waals surface area contributed by atoms with Crippen LogP contribution in [0.15, 0.2) is 48.7 Å². The van der Waals surface area contributed by atoms with E-state index in [2.05, 4.69) is 15.4 Å². The molecule has 0 bridgehead atoms. The Morgan fingerprint density at radius 1 is 1.20 bits per heavy atom. The fourth-order valence-electron chi connectivity index (χ4n) is 2.68. The molecule has 0 spiro atoms. The van der Waals surface area contributed by atoms with Crippen molar-refractivity contribution in [2.24, 2.45) is 0 Å². The number of nitrogens with one attached hydrogen (secondary N) is 1. The van der Waals surface area contributed by atoms with Gasteiger partial charge >= 0.3 is 0 Å². The standard InChI is InChI=1S/C19H20N4O2/c1-4-16-13(2)17(23(22-16)14-9-6-5-7-10-14)21-18(24)15-11-8-12-20-19(15)25-3/h5-12H,4H2,1-3H3,(H,21,24). The third kappa shape index (κ3) is 3.24. The molecule has 6 nitrogen and oxygen atoms in total. The molecule has 2 heterocycles. The lowest BCUT2D eigenvalue weighted by Gasteiger charge is -2.11. The molecule has 0 aliphatic heterocycles. The number of para-hydroxylation sites is 1. The van der Waals surface area contributed by atoms with Gasteiger partial charge in [0.25, 0.3) is 5.91 Å². The number of hydrogen-bond acceptors (Lipinski definition) is 4. The van der Waals surface area contributed by atoms with E-state index in [-0.39, 0.29) is 5.91 Å². The van der Waals surface area contributed by atoms with Gasteiger partial charge in [0.05, 0.1) is 18.5 Å². The van der Waals surface area contributed by atoms with Gasteiger partial charge in [0, 0.05) is 11.8 Å². The largest absolute Gasteiger partial charge is 0.480 e. The Morgan fingerprint density at radius 3 is 2.64 bits per heavy atom. The average Bonchev–Trinajstić information content (AvgIpc) is 2.98. The van der Waals surface area contributed by atoms with Crippen molar-refractivity contribution in [2.75, 3.05) is 12.4 Å². The summed E-state index contributed by atoms with van der Waals surface area (Å²) < 4.78 is 6.94. The Morgan fingerprint density at radius 2 is 1.96 bits per heavy atom. The van der Waals surface area contributed by atoms with Crippen molar-refractivity contribution in [1.82, 2.24) is 14.8 Å². The Kier molecular flexibility index (Phi) is 4.79. The summed E-state index contributed by atoms with van der Waals surface area (Å²) in [4.78, 5) is 16.8. The molecule has 1 aromatic carbocycles. The van der Waals surface area contributed by atoms with Crippen molar-refractivity contribution in [2.45, 2.75) is 20.3 Å². The highest BCUT2D eigenvalue weighted by molar-refractivity contribution is 6.05. The average molecular weight is 336 g/mol. The normalized spacial score (nSPS) is 10.5. The Hall–Kier alpha value is -3.15. The van der Waals surface area contributed by atoms with Gasteiger partial charge in [0.2, 0.25) is 5.88 Å². The molecule has 1 amide bonds. The second-order valence-electron chi connectivity index (χ2n) is 5.54. The molecule has 1 N–H and O–H groups in total. The predicted octanol–water partition coefficient (Wildman–Crippen LogP) is 3.40. The molecule has 0 fully saturated rings. The minimum Gasteiger partial charge on any atom is -0.480 e. The fourth-order valence-corrected chi connectivity index (χ4v) is 2.68. The third-order valence-electron chi connectivity index (χ3n) is 4.00. The first-order chi connectivity index (χ1) is 12.2. The van der Waals surface area contributed by atoms with E-state index in [0.29, 0.717) is 17.3 Å². The lowest BCUT2D eigenvalue weighted by atomic mass is 10.2. The van der Waals surface area contributed by atoms with E-state index in [1.54, 1.807) is 23.0 Å². The third-order valence-corrected chi connectivity index (χ3v) is 4.00. The van der Waals surface area contributed by atoms with Gasteiger partial charge in [-0.05, 0) is 37.6 Å². The van der Waals surface area contributed by atoms with Crippen LogP contribution in [-0.2, 0) is 6.42 Å². The summed E-state index contributed by atoms with van der Waals surface area (Å²) >= 11 is 0. The van der Waals surface area contributed by atoms with Crippen molar-refractivity contribution >= 4 is 11.7 Å². The zero-order valence-corrected chi connectivity index (χ0v) is 14.5. The number of carbonyl (C=O) groups is 1. The molecule has 2 aromatic heterocycles. The van der Waals surface area contributed by atoms with Crippen molar-refractivity contribution in [3.05, 3.63) is 65.5 Å². The second kappa shape index (κ2) is 7.17. The molecular weight excluding hydrogens is 316 g/mol. The van der Waals surface area contributed by atoms with Crippen molar-refractivity contribution < 1.29 is 9.53 Å². The lowest BCUT2D eigenvalue weighted by molar-refractivity contribution is 0.102. The lowest BCUT2D eigenvalue weighted by Crippen LogP contribution is -2.17. The first-order valence-corrected chi connectivity index (χ1v) is 8.10. The molecule has 3 aromatic rings. The first-order valence-electron chi connectivity index (χ1n) is 8.10. The summed E-state index contributed by atoms with van der Waals surface area (Å²) in [6.07, 6.45) is 2.37. The van der Waals surface area contributed by atoms with E-state index >= 15 is 0 Å². The Balaban J connectivity index is 2.02. The van der Waals surface area contributed by atoms with Crippen LogP contribution in [0.4, 0.5) is 5.82 Å². The topological polar surface area (TPSA) is 69.0 Å². The minimum absolute atomic E-state index is 0.284. The summed E-state index contributed by atoms with van der Waals surface area (Å²) in [6, 6.07) is 13.1. The summed E-state index contributed by atoms with van der Waals surface area (Å²) in [6.45, 7) is 4.00. The van der Waals surface area contributed by atoms with Crippen LogP contribution in [0.25, 0.3) is 5.69 Å². The second-order valence-corrected chi connectivity index (χ2v) is 5.54. The highest BCUT2D eigenvalue weighted by atomic mass is 16.5. The van der Waals surface area contributed by atoms with E-state index in [1.165, 1.54) is 7.11 Å². The molecule has 3 rings (SSSR count). The SMILES string of the molecule is CCc1nn(-c2ccccc2)c(NC(=O)c2cccnc2OC)c1C. The highest BCUT2D eigenvalue weighted by Crippen LogP contribution is 2.25. The molecule has 0 saturated heterocycles. The van der Waals surface area contributed by atoms with Crippen molar-refractivity contribution in [3.63, 3.8) is 0 Å². The maximum absolute atomic E-state index is 12.8. The van der Waals surface area contributed by atoms with Gasteiger partial charge in [0.1, 0.15) is 11.4 Å². The van der Waals surface area contributed by atoms with Gasteiger partial charge in [0.15, 0.2) is 0 Å². The number of anilines is 1. The molecule has 0 aliphatic rings. The molecule has 6 heteroatoms. The quantitative estimate of drug-likeness (QED) is 0.775.